The van der Waals surface area contributed by atoms with Crippen LogP contribution in [0.1, 0.15) is 50.2 Å². The van der Waals surface area contributed by atoms with Crippen LogP contribution in [0, 0.1) is 0 Å². The Morgan fingerprint density at radius 2 is 1.58 bits per heavy atom. The van der Waals surface area contributed by atoms with E-state index in [4.69, 9.17) is 4.74 Å². The van der Waals surface area contributed by atoms with E-state index in [2.05, 4.69) is 78.6 Å². The standard InChI is InChI=1S/C28H37NO2/c1-2-3-17-29(18-19-30)23-25-13-14-27-22-28(16-15-26(27)21-25)31-20-9-5-8-12-24-10-6-4-7-11-24/h4,6-7,10-11,13-16,21-22,30H,2-3,5,8-9,12,17-20,23H2,1H3. The SMILES string of the molecule is CCCCN(CCO)Cc1ccc2cc(OCCCCCc3ccccc3)ccc2c1. The number of hydrogen-bond acceptors (Lipinski definition) is 3. The van der Waals surface area contributed by atoms with E-state index in [1.54, 1.807) is 0 Å². The highest BCUT2D eigenvalue weighted by Crippen LogP contribution is 2.23. The topological polar surface area (TPSA) is 32.7 Å². The molecule has 0 radical (unpaired) electrons. The van der Waals surface area contributed by atoms with E-state index in [0.717, 1.165) is 44.8 Å². The third kappa shape index (κ3) is 8.01. The zero-order chi connectivity index (χ0) is 21.7. The van der Waals surface area contributed by atoms with Gasteiger partial charge in [0.05, 0.1) is 13.2 Å². The summed E-state index contributed by atoms with van der Waals surface area (Å²) in [6.07, 6.45) is 6.97. The highest BCUT2D eigenvalue weighted by molar-refractivity contribution is 5.84. The van der Waals surface area contributed by atoms with Crippen LogP contribution in [0.25, 0.3) is 10.8 Å². The molecular formula is C28H37NO2. The van der Waals surface area contributed by atoms with Crippen molar-refractivity contribution in [3.8, 4) is 5.75 Å². The second-order valence-corrected chi connectivity index (χ2v) is 8.34. The van der Waals surface area contributed by atoms with Gasteiger partial charge in [-0.05, 0) is 78.7 Å². The Balaban J connectivity index is 1.45. The lowest BCUT2D eigenvalue weighted by Crippen LogP contribution is -2.27. The normalized spacial score (nSPS) is 11.3. The van der Waals surface area contributed by atoms with Crippen LogP contribution in [0.4, 0.5) is 0 Å². The molecule has 0 unspecified atom stereocenters. The summed E-state index contributed by atoms with van der Waals surface area (Å²) in [6, 6.07) is 23.7. The second-order valence-electron chi connectivity index (χ2n) is 8.34. The predicted molar refractivity (Wildman–Crippen MR) is 131 cm³/mol. The van der Waals surface area contributed by atoms with Crippen molar-refractivity contribution < 1.29 is 9.84 Å². The first kappa shape index (κ1) is 23.3. The number of rotatable bonds is 14. The Morgan fingerprint density at radius 3 is 2.39 bits per heavy atom. The van der Waals surface area contributed by atoms with Crippen LogP contribution in [0.3, 0.4) is 0 Å². The highest BCUT2D eigenvalue weighted by atomic mass is 16.5. The Morgan fingerprint density at radius 1 is 0.774 bits per heavy atom. The van der Waals surface area contributed by atoms with Crippen molar-refractivity contribution in [3.05, 3.63) is 77.9 Å². The molecule has 0 saturated heterocycles. The summed E-state index contributed by atoms with van der Waals surface area (Å²) in [5.74, 6) is 0.952. The van der Waals surface area contributed by atoms with Gasteiger partial charge in [-0.1, -0.05) is 61.9 Å². The Labute approximate surface area is 187 Å². The minimum Gasteiger partial charge on any atom is -0.494 e. The van der Waals surface area contributed by atoms with Crippen molar-refractivity contribution in [1.29, 1.82) is 0 Å². The van der Waals surface area contributed by atoms with E-state index in [0.29, 0.717) is 0 Å². The Bertz CT molecular complexity index is 894. The second kappa shape index (κ2) is 13.1. The van der Waals surface area contributed by atoms with Gasteiger partial charge in [0.15, 0.2) is 0 Å². The number of benzene rings is 3. The van der Waals surface area contributed by atoms with Gasteiger partial charge in [-0.15, -0.1) is 0 Å². The van der Waals surface area contributed by atoms with Gasteiger partial charge >= 0.3 is 0 Å². The number of aryl methyl sites for hydroxylation is 1. The van der Waals surface area contributed by atoms with Crippen molar-refractivity contribution in [2.24, 2.45) is 0 Å². The van der Waals surface area contributed by atoms with E-state index in [1.807, 2.05) is 0 Å². The molecule has 3 aromatic rings. The molecule has 166 valence electrons. The number of aliphatic hydroxyl groups is 1. The Hall–Kier alpha value is -2.36. The average molecular weight is 420 g/mol. The zero-order valence-electron chi connectivity index (χ0n) is 18.9. The molecule has 3 heteroatoms. The smallest absolute Gasteiger partial charge is 0.119 e. The molecule has 3 nitrogen and oxygen atoms in total. The lowest BCUT2D eigenvalue weighted by atomic mass is 10.1. The Kier molecular flexibility index (Phi) is 9.88. The third-order valence-electron chi connectivity index (χ3n) is 5.75. The molecule has 3 aromatic carbocycles. The summed E-state index contributed by atoms with van der Waals surface area (Å²) in [4.78, 5) is 2.33. The van der Waals surface area contributed by atoms with E-state index in [1.165, 1.54) is 47.6 Å². The van der Waals surface area contributed by atoms with Crippen molar-refractivity contribution in [2.45, 2.75) is 52.0 Å². The maximum Gasteiger partial charge on any atom is 0.119 e. The fraction of sp³-hybridized carbons (Fsp3) is 0.429. The summed E-state index contributed by atoms with van der Waals surface area (Å²) in [6.45, 7) is 5.84. The maximum atomic E-state index is 9.33. The van der Waals surface area contributed by atoms with Crippen molar-refractivity contribution in [1.82, 2.24) is 4.90 Å². The average Bonchev–Trinajstić information content (AvgIpc) is 2.80. The molecule has 0 atom stereocenters. The first-order chi connectivity index (χ1) is 15.3. The van der Waals surface area contributed by atoms with Gasteiger partial charge in [0.2, 0.25) is 0 Å². The van der Waals surface area contributed by atoms with E-state index in [-0.39, 0.29) is 6.61 Å². The molecule has 0 heterocycles. The number of aliphatic hydroxyl groups excluding tert-OH is 1. The molecular weight excluding hydrogens is 382 g/mol. The largest absolute Gasteiger partial charge is 0.494 e. The molecule has 31 heavy (non-hydrogen) atoms. The molecule has 3 rings (SSSR count). The summed E-state index contributed by atoms with van der Waals surface area (Å²) >= 11 is 0. The van der Waals surface area contributed by atoms with E-state index in [9.17, 15) is 5.11 Å². The predicted octanol–water partition coefficient (Wildman–Crippen LogP) is 6.23. The monoisotopic (exact) mass is 419 g/mol. The lowest BCUT2D eigenvalue weighted by molar-refractivity contribution is 0.188. The molecule has 0 aliphatic heterocycles. The number of hydrogen-bond donors (Lipinski definition) is 1. The molecule has 0 amide bonds. The molecule has 0 bridgehead atoms. The zero-order valence-corrected chi connectivity index (χ0v) is 18.9. The minimum absolute atomic E-state index is 0.213. The van der Waals surface area contributed by atoms with Crippen molar-refractivity contribution in [2.75, 3.05) is 26.3 Å². The number of ether oxygens (including phenoxy) is 1. The van der Waals surface area contributed by atoms with Crippen LogP contribution in [0.15, 0.2) is 66.7 Å². The third-order valence-corrected chi connectivity index (χ3v) is 5.75. The van der Waals surface area contributed by atoms with Crippen LogP contribution in [-0.2, 0) is 13.0 Å². The minimum atomic E-state index is 0.213. The first-order valence-corrected chi connectivity index (χ1v) is 11.8. The van der Waals surface area contributed by atoms with E-state index >= 15 is 0 Å². The fourth-order valence-electron chi connectivity index (χ4n) is 3.96. The number of fused-ring (bicyclic) bond motifs is 1. The quantitative estimate of drug-likeness (QED) is 0.315. The highest BCUT2D eigenvalue weighted by Gasteiger charge is 2.06. The summed E-state index contributed by atoms with van der Waals surface area (Å²) in [5, 5.41) is 11.8. The molecule has 0 saturated carbocycles. The summed E-state index contributed by atoms with van der Waals surface area (Å²) in [5.41, 5.74) is 2.71. The first-order valence-electron chi connectivity index (χ1n) is 11.8. The molecule has 0 fully saturated rings. The van der Waals surface area contributed by atoms with Crippen LogP contribution in [-0.4, -0.2) is 36.3 Å². The molecule has 1 N–H and O–H groups in total. The van der Waals surface area contributed by atoms with Crippen molar-refractivity contribution >= 4 is 10.8 Å². The summed E-state index contributed by atoms with van der Waals surface area (Å²) in [7, 11) is 0. The van der Waals surface area contributed by atoms with Gasteiger partial charge in [-0.2, -0.15) is 0 Å². The van der Waals surface area contributed by atoms with Crippen LogP contribution in [0.5, 0.6) is 5.75 Å². The fourth-order valence-corrected chi connectivity index (χ4v) is 3.96. The van der Waals surface area contributed by atoms with Gasteiger partial charge in [0.25, 0.3) is 0 Å². The maximum absolute atomic E-state index is 9.33. The van der Waals surface area contributed by atoms with Gasteiger partial charge in [-0.3, -0.25) is 4.90 Å². The van der Waals surface area contributed by atoms with Crippen LogP contribution < -0.4 is 4.74 Å². The molecule has 0 aromatic heterocycles. The molecule has 0 aliphatic rings. The molecule has 0 aliphatic carbocycles. The van der Waals surface area contributed by atoms with Crippen LogP contribution >= 0.6 is 0 Å². The number of nitrogens with zero attached hydrogens (tertiary/aromatic N) is 1. The van der Waals surface area contributed by atoms with Gasteiger partial charge in [0.1, 0.15) is 5.75 Å². The number of unbranched alkanes of at least 4 members (excludes halogenated alkanes) is 3. The van der Waals surface area contributed by atoms with Gasteiger partial charge in [0, 0.05) is 13.1 Å². The van der Waals surface area contributed by atoms with Crippen molar-refractivity contribution in [3.63, 3.8) is 0 Å². The van der Waals surface area contributed by atoms with Crippen LogP contribution in [0.2, 0.25) is 0 Å². The van der Waals surface area contributed by atoms with Gasteiger partial charge in [-0.25, -0.2) is 0 Å². The van der Waals surface area contributed by atoms with E-state index < -0.39 is 0 Å². The summed E-state index contributed by atoms with van der Waals surface area (Å²) < 4.78 is 6.00. The molecule has 0 spiro atoms. The van der Waals surface area contributed by atoms with Gasteiger partial charge < -0.3 is 9.84 Å². The lowest BCUT2D eigenvalue weighted by Gasteiger charge is -2.21.